The van der Waals surface area contributed by atoms with E-state index in [-0.39, 0.29) is 18.6 Å². The predicted molar refractivity (Wildman–Crippen MR) is 98.9 cm³/mol. The van der Waals surface area contributed by atoms with Gasteiger partial charge >= 0.3 is 6.03 Å². The lowest BCUT2D eigenvalue weighted by Gasteiger charge is -2.28. The zero-order valence-corrected chi connectivity index (χ0v) is 15.1. The zero-order chi connectivity index (χ0) is 18.0. The molecule has 134 valence electrons. The van der Waals surface area contributed by atoms with Crippen molar-refractivity contribution in [3.05, 3.63) is 42.0 Å². The van der Waals surface area contributed by atoms with Crippen LogP contribution in [-0.2, 0) is 0 Å². The van der Waals surface area contributed by atoms with Crippen LogP contribution in [0.2, 0.25) is 0 Å². The van der Waals surface area contributed by atoms with Gasteiger partial charge < -0.3 is 20.1 Å². The molecule has 1 atom stereocenters. The molecule has 1 aliphatic heterocycles. The summed E-state index contributed by atoms with van der Waals surface area (Å²) in [5, 5.41) is 15.2. The summed E-state index contributed by atoms with van der Waals surface area (Å²) in [6.07, 6.45) is 1.70. The highest BCUT2D eigenvalue weighted by Gasteiger charge is 2.26. The highest BCUT2D eigenvalue weighted by Crippen LogP contribution is 2.37. The van der Waals surface area contributed by atoms with Gasteiger partial charge in [0.25, 0.3) is 0 Å². The van der Waals surface area contributed by atoms with Crippen molar-refractivity contribution in [3.8, 4) is 5.75 Å². The first-order valence-electron chi connectivity index (χ1n) is 8.73. The third kappa shape index (κ3) is 4.04. The number of amides is 2. The van der Waals surface area contributed by atoms with Gasteiger partial charge in [-0.25, -0.2) is 4.79 Å². The van der Waals surface area contributed by atoms with Crippen LogP contribution < -0.4 is 10.1 Å². The van der Waals surface area contributed by atoms with Crippen LogP contribution in [0.1, 0.15) is 38.3 Å². The average molecular weight is 342 g/mol. The molecule has 0 unspecified atom stereocenters. The number of aliphatic hydroxyl groups is 1. The second-order valence-electron chi connectivity index (χ2n) is 7.37. The monoisotopic (exact) mass is 342 g/mol. The van der Waals surface area contributed by atoms with Gasteiger partial charge in [-0.05, 0) is 32.1 Å². The number of urea groups is 1. The van der Waals surface area contributed by atoms with E-state index in [1.165, 1.54) is 4.90 Å². The Hall–Kier alpha value is -2.27. The minimum Gasteiger partial charge on any atom is -0.493 e. The first-order chi connectivity index (χ1) is 11.8. The molecular formula is C20H26N2O3. The molecule has 0 fully saturated rings. The highest BCUT2D eigenvalue weighted by molar-refractivity contribution is 5.90. The first kappa shape index (κ1) is 17.5. The fraction of sp³-hybridized carbons (Fsp3) is 0.450. The number of nitrogens with one attached hydrogen (secondary N) is 1. The van der Waals surface area contributed by atoms with E-state index in [1.54, 1.807) is 20.9 Å². The van der Waals surface area contributed by atoms with Crippen molar-refractivity contribution in [2.45, 2.75) is 38.3 Å². The molecule has 1 aliphatic rings. The molecule has 2 amide bonds. The van der Waals surface area contributed by atoms with Gasteiger partial charge in [-0.15, -0.1) is 0 Å². The lowest BCUT2D eigenvalue weighted by Crippen LogP contribution is -2.45. The summed E-state index contributed by atoms with van der Waals surface area (Å²) in [7, 11) is 1.70. The number of carbonyl (C=O) groups is 1. The van der Waals surface area contributed by atoms with Crippen molar-refractivity contribution in [1.82, 2.24) is 10.2 Å². The molecule has 5 heteroatoms. The topological polar surface area (TPSA) is 61.8 Å². The molecule has 1 heterocycles. The Morgan fingerprint density at radius 2 is 2.08 bits per heavy atom. The van der Waals surface area contributed by atoms with Crippen molar-refractivity contribution in [3.63, 3.8) is 0 Å². The summed E-state index contributed by atoms with van der Waals surface area (Å²) in [6, 6.07) is 12.0. The van der Waals surface area contributed by atoms with E-state index >= 15 is 0 Å². The maximum atomic E-state index is 12.5. The highest BCUT2D eigenvalue weighted by atomic mass is 16.5. The number of ether oxygens (including phenoxy) is 1. The number of likely N-dealkylation sites (N-methyl/N-ethyl adjacent to an activating group) is 1. The van der Waals surface area contributed by atoms with Crippen LogP contribution in [0.4, 0.5) is 4.79 Å². The summed E-state index contributed by atoms with van der Waals surface area (Å²) in [5.74, 6) is 0.867. The third-order valence-corrected chi connectivity index (χ3v) is 4.44. The molecule has 0 saturated heterocycles. The summed E-state index contributed by atoms with van der Waals surface area (Å²) < 4.78 is 6.01. The van der Waals surface area contributed by atoms with Crippen LogP contribution >= 0.6 is 0 Å². The van der Waals surface area contributed by atoms with Crippen molar-refractivity contribution in [1.29, 1.82) is 0 Å². The van der Waals surface area contributed by atoms with Gasteiger partial charge in [-0.2, -0.15) is 0 Å². The Labute approximate surface area is 148 Å². The van der Waals surface area contributed by atoms with E-state index < -0.39 is 5.60 Å². The maximum Gasteiger partial charge on any atom is 0.317 e. The van der Waals surface area contributed by atoms with E-state index in [4.69, 9.17) is 4.74 Å². The SMILES string of the molecule is CN(CC(C)(C)O)C(=O)N[C@@H]1CCCOc2c1ccc1ccccc21. The zero-order valence-electron chi connectivity index (χ0n) is 15.1. The molecular weight excluding hydrogens is 316 g/mol. The molecule has 0 saturated carbocycles. The summed E-state index contributed by atoms with van der Waals surface area (Å²) in [4.78, 5) is 14.1. The van der Waals surface area contributed by atoms with E-state index in [1.807, 2.05) is 18.2 Å². The number of hydrogen-bond donors (Lipinski definition) is 2. The largest absolute Gasteiger partial charge is 0.493 e. The summed E-state index contributed by atoms with van der Waals surface area (Å²) in [5.41, 5.74) is 0.0912. The van der Waals surface area contributed by atoms with Crippen LogP contribution in [0.5, 0.6) is 5.75 Å². The van der Waals surface area contributed by atoms with E-state index in [0.717, 1.165) is 34.9 Å². The van der Waals surface area contributed by atoms with Crippen molar-refractivity contribution in [2.75, 3.05) is 20.2 Å². The molecule has 25 heavy (non-hydrogen) atoms. The van der Waals surface area contributed by atoms with Crippen LogP contribution in [0.3, 0.4) is 0 Å². The Morgan fingerprint density at radius 1 is 1.32 bits per heavy atom. The van der Waals surface area contributed by atoms with Crippen molar-refractivity contribution in [2.24, 2.45) is 0 Å². The molecule has 0 aliphatic carbocycles. The predicted octanol–water partition coefficient (Wildman–Crippen LogP) is 3.47. The minimum absolute atomic E-state index is 0.0983. The number of nitrogens with zero attached hydrogens (tertiary/aromatic N) is 1. The van der Waals surface area contributed by atoms with Gasteiger partial charge in [0.2, 0.25) is 0 Å². The molecule has 0 spiro atoms. The molecule has 2 N–H and O–H groups in total. The standard InChI is InChI=1S/C20H26N2O3/c1-20(2,24)13-22(3)19(23)21-17-9-6-12-25-18-15-8-5-4-7-14(15)10-11-16(17)18/h4-5,7-8,10-11,17,24H,6,9,12-13H2,1-3H3,(H,21,23)/t17-/m1/s1. The normalized spacial score (nSPS) is 17.4. The summed E-state index contributed by atoms with van der Waals surface area (Å²) >= 11 is 0. The lowest BCUT2D eigenvalue weighted by molar-refractivity contribution is 0.0527. The molecule has 2 aromatic rings. The van der Waals surface area contributed by atoms with Crippen LogP contribution in [0.25, 0.3) is 10.8 Å². The Kier molecular flexibility index (Phi) is 4.86. The fourth-order valence-corrected chi connectivity index (χ4v) is 3.37. The minimum atomic E-state index is -0.924. The average Bonchev–Trinajstić information content (AvgIpc) is 2.76. The molecule has 0 bridgehead atoms. The molecule has 0 radical (unpaired) electrons. The molecule has 3 rings (SSSR count). The Balaban J connectivity index is 1.86. The number of carbonyl (C=O) groups excluding carboxylic acids is 1. The van der Waals surface area contributed by atoms with Crippen LogP contribution in [0, 0.1) is 0 Å². The smallest absolute Gasteiger partial charge is 0.317 e. The second kappa shape index (κ2) is 6.92. The van der Waals surface area contributed by atoms with Gasteiger partial charge in [-0.1, -0.05) is 36.4 Å². The number of fused-ring (bicyclic) bond motifs is 3. The quantitative estimate of drug-likeness (QED) is 0.898. The van der Waals surface area contributed by atoms with Crippen LogP contribution in [0.15, 0.2) is 36.4 Å². The number of benzene rings is 2. The fourth-order valence-electron chi connectivity index (χ4n) is 3.37. The van der Waals surface area contributed by atoms with Crippen LogP contribution in [-0.4, -0.2) is 41.8 Å². The maximum absolute atomic E-state index is 12.5. The number of hydrogen-bond acceptors (Lipinski definition) is 3. The second-order valence-corrected chi connectivity index (χ2v) is 7.37. The molecule has 0 aromatic heterocycles. The Bertz CT molecular complexity index is 767. The lowest BCUT2D eigenvalue weighted by atomic mass is 9.98. The van der Waals surface area contributed by atoms with Gasteiger partial charge in [0, 0.05) is 18.0 Å². The molecule has 5 nitrogen and oxygen atoms in total. The van der Waals surface area contributed by atoms with Crippen molar-refractivity contribution >= 4 is 16.8 Å². The number of rotatable bonds is 3. The van der Waals surface area contributed by atoms with Gasteiger partial charge in [0.1, 0.15) is 5.75 Å². The van der Waals surface area contributed by atoms with Gasteiger partial charge in [0.05, 0.1) is 24.8 Å². The van der Waals surface area contributed by atoms with Gasteiger partial charge in [-0.3, -0.25) is 0 Å². The first-order valence-corrected chi connectivity index (χ1v) is 8.73. The van der Waals surface area contributed by atoms with Crippen molar-refractivity contribution < 1.29 is 14.6 Å². The molecule has 2 aromatic carbocycles. The Morgan fingerprint density at radius 3 is 2.84 bits per heavy atom. The van der Waals surface area contributed by atoms with E-state index in [9.17, 15) is 9.90 Å². The van der Waals surface area contributed by atoms with Gasteiger partial charge in [0.15, 0.2) is 0 Å². The van der Waals surface area contributed by atoms with E-state index in [0.29, 0.717) is 6.61 Å². The van der Waals surface area contributed by atoms with E-state index in [2.05, 4.69) is 23.5 Å². The summed E-state index contributed by atoms with van der Waals surface area (Å²) in [6.45, 7) is 4.30. The third-order valence-electron chi connectivity index (χ3n) is 4.44.